The predicted molar refractivity (Wildman–Crippen MR) is 103 cm³/mol. The van der Waals surface area contributed by atoms with Gasteiger partial charge in [0, 0.05) is 24.9 Å². The summed E-state index contributed by atoms with van der Waals surface area (Å²) in [5.74, 6) is 0.466. The number of rotatable bonds is 3. The first-order valence-electron chi connectivity index (χ1n) is 8.17. The molecule has 0 amide bonds. The molecule has 2 aromatic carbocycles. The second-order valence-electron chi connectivity index (χ2n) is 6.64. The number of nitrogens with two attached hydrogens (primary N) is 1. The molecule has 1 atom stereocenters. The third kappa shape index (κ3) is 3.15. The first-order chi connectivity index (χ1) is 12.1. The molecular formula is C19H21N3O3S. The topological polar surface area (TPSA) is 95.0 Å². The molecule has 6 nitrogen and oxygen atoms in total. The van der Waals surface area contributed by atoms with Crippen molar-refractivity contribution < 1.29 is 8.42 Å². The molecule has 136 valence electrons. The maximum atomic E-state index is 12.9. The molecule has 3 rings (SSSR count). The molecule has 0 unspecified atom stereocenters. The van der Waals surface area contributed by atoms with Crippen molar-refractivity contribution in [3.63, 3.8) is 0 Å². The van der Waals surface area contributed by atoms with E-state index < -0.39 is 9.84 Å². The first-order valence-corrected chi connectivity index (χ1v) is 10.1. The van der Waals surface area contributed by atoms with Gasteiger partial charge in [0.25, 0.3) is 5.56 Å². The SMILES string of the molecule is Cc1cc([C@@H](C)N)c2nc(-c3ccc(S(C)(=O)=O)cc3)n(C)c(=O)c2c1. The van der Waals surface area contributed by atoms with Gasteiger partial charge in [0.15, 0.2) is 9.84 Å². The standard InChI is InChI=1S/C19H21N3O3S/c1-11-9-15(12(2)20)17-16(10-11)19(23)22(3)18(21-17)13-5-7-14(8-6-13)26(4,24)25/h5-10,12H,20H2,1-4H3/t12-/m1/s1. The van der Waals surface area contributed by atoms with Crippen LogP contribution in [-0.4, -0.2) is 24.2 Å². The van der Waals surface area contributed by atoms with Crippen LogP contribution in [0.4, 0.5) is 0 Å². The molecule has 0 bridgehead atoms. The Balaban J connectivity index is 2.31. The second kappa shape index (κ2) is 6.34. The van der Waals surface area contributed by atoms with Crippen LogP contribution >= 0.6 is 0 Å². The van der Waals surface area contributed by atoms with Crippen molar-refractivity contribution in [2.24, 2.45) is 12.8 Å². The highest BCUT2D eigenvalue weighted by atomic mass is 32.2. The molecule has 1 aromatic heterocycles. The zero-order valence-corrected chi connectivity index (χ0v) is 16.0. The maximum Gasteiger partial charge on any atom is 0.261 e. The number of aromatic nitrogens is 2. The highest BCUT2D eigenvalue weighted by Gasteiger charge is 2.16. The normalized spacial score (nSPS) is 13.1. The van der Waals surface area contributed by atoms with Crippen molar-refractivity contribution in [2.75, 3.05) is 6.26 Å². The summed E-state index contributed by atoms with van der Waals surface area (Å²) in [6.45, 7) is 3.77. The Labute approximate surface area is 152 Å². The number of hydrogen-bond acceptors (Lipinski definition) is 5. The fraction of sp³-hybridized carbons (Fsp3) is 0.263. The number of fused-ring (bicyclic) bond motifs is 1. The first kappa shape index (κ1) is 18.3. The monoisotopic (exact) mass is 371 g/mol. The molecule has 0 aliphatic heterocycles. The van der Waals surface area contributed by atoms with Crippen LogP contribution in [-0.2, 0) is 16.9 Å². The zero-order valence-electron chi connectivity index (χ0n) is 15.1. The van der Waals surface area contributed by atoms with Crippen LogP contribution in [0.25, 0.3) is 22.3 Å². The lowest BCUT2D eigenvalue weighted by molar-refractivity contribution is 0.602. The van der Waals surface area contributed by atoms with E-state index >= 15 is 0 Å². The summed E-state index contributed by atoms with van der Waals surface area (Å²) >= 11 is 0. The van der Waals surface area contributed by atoms with Gasteiger partial charge in [-0.3, -0.25) is 9.36 Å². The Morgan fingerprint density at radius 2 is 1.77 bits per heavy atom. The molecule has 1 heterocycles. The third-order valence-electron chi connectivity index (χ3n) is 4.39. The Morgan fingerprint density at radius 1 is 1.15 bits per heavy atom. The van der Waals surface area contributed by atoms with Crippen LogP contribution in [0.1, 0.15) is 24.1 Å². The van der Waals surface area contributed by atoms with E-state index in [4.69, 9.17) is 10.7 Å². The number of benzene rings is 2. The Kier molecular flexibility index (Phi) is 4.46. The molecule has 0 saturated heterocycles. The number of sulfone groups is 1. The van der Waals surface area contributed by atoms with Gasteiger partial charge in [-0.05, 0) is 55.3 Å². The molecule has 0 spiro atoms. The van der Waals surface area contributed by atoms with Gasteiger partial charge < -0.3 is 5.73 Å². The van der Waals surface area contributed by atoms with Crippen LogP contribution in [0.2, 0.25) is 0 Å². The largest absolute Gasteiger partial charge is 0.324 e. The van der Waals surface area contributed by atoms with Crippen LogP contribution in [0.3, 0.4) is 0 Å². The van der Waals surface area contributed by atoms with Gasteiger partial charge in [0.2, 0.25) is 0 Å². The fourth-order valence-corrected chi connectivity index (χ4v) is 3.64. The minimum Gasteiger partial charge on any atom is -0.324 e. The van der Waals surface area contributed by atoms with E-state index in [1.807, 2.05) is 26.0 Å². The third-order valence-corrected chi connectivity index (χ3v) is 5.51. The lowest BCUT2D eigenvalue weighted by Gasteiger charge is -2.15. The van der Waals surface area contributed by atoms with Gasteiger partial charge in [0.1, 0.15) is 5.82 Å². The molecule has 2 N–H and O–H groups in total. The van der Waals surface area contributed by atoms with Gasteiger partial charge in [0.05, 0.1) is 15.8 Å². The minimum atomic E-state index is -3.28. The zero-order chi connectivity index (χ0) is 19.2. The van der Waals surface area contributed by atoms with E-state index in [0.717, 1.165) is 17.4 Å². The summed E-state index contributed by atoms with van der Waals surface area (Å²) in [6, 6.07) is 9.83. The summed E-state index contributed by atoms with van der Waals surface area (Å²) in [7, 11) is -1.63. The molecule has 26 heavy (non-hydrogen) atoms. The van der Waals surface area contributed by atoms with Crippen LogP contribution in [0, 0.1) is 6.92 Å². The summed E-state index contributed by atoms with van der Waals surface area (Å²) in [4.78, 5) is 17.8. The summed E-state index contributed by atoms with van der Waals surface area (Å²) in [6.07, 6.45) is 1.16. The van der Waals surface area contributed by atoms with Gasteiger partial charge in [-0.2, -0.15) is 0 Å². The smallest absolute Gasteiger partial charge is 0.261 e. The molecule has 0 aliphatic rings. The number of hydrogen-bond donors (Lipinski definition) is 1. The summed E-state index contributed by atoms with van der Waals surface area (Å²) in [5.41, 5.74) is 8.92. The minimum absolute atomic E-state index is 0.164. The van der Waals surface area contributed by atoms with E-state index in [1.165, 1.54) is 16.7 Å². The Hall–Kier alpha value is -2.51. The van der Waals surface area contributed by atoms with Gasteiger partial charge in [-0.25, -0.2) is 13.4 Å². The average molecular weight is 371 g/mol. The predicted octanol–water partition coefficient (Wildman–Crippen LogP) is 2.33. The molecule has 3 aromatic rings. The van der Waals surface area contributed by atoms with Crippen molar-refractivity contribution in [3.05, 3.63) is 57.9 Å². The lowest BCUT2D eigenvalue weighted by Crippen LogP contribution is -2.21. The molecule has 0 saturated carbocycles. The summed E-state index contributed by atoms with van der Waals surface area (Å²) in [5, 5.41) is 0.524. The van der Waals surface area contributed by atoms with Gasteiger partial charge >= 0.3 is 0 Å². The Bertz CT molecular complexity index is 1160. The van der Waals surface area contributed by atoms with Gasteiger partial charge in [-0.1, -0.05) is 6.07 Å². The molecular weight excluding hydrogens is 350 g/mol. The molecule has 0 aliphatic carbocycles. The maximum absolute atomic E-state index is 12.9. The van der Waals surface area contributed by atoms with E-state index in [2.05, 4.69) is 0 Å². The average Bonchev–Trinajstić information content (AvgIpc) is 2.57. The van der Waals surface area contributed by atoms with E-state index in [9.17, 15) is 13.2 Å². The fourth-order valence-electron chi connectivity index (χ4n) is 3.01. The molecule has 0 fully saturated rings. The second-order valence-corrected chi connectivity index (χ2v) is 8.65. The van der Waals surface area contributed by atoms with Crippen molar-refractivity contribution in [3.8, 4) is 11.4 Å². The van der Waals surface area contributed by atoms with Crippen molar-refractivity contribution >= 4 is 20.7 Å². The molecule has 0 radical (unpaired) electrons. The van der Waals surface area contributed by atoms with Crippen LogP contribution in [0.5, 0.6) is 0 Å². The van der Waals surface area contributed by atoms with Crippen molar-refractivity contribution in [1.29, 1.82) is 0 Å². The highest BCUT2D eigenvalue weighted by molar-refractivity contribution is 7.90. The van der Waals surface area contributed by atoms with Crippen LogP contribution < -0.4 is 11.3 Å². The van der Waals surface area contributed by atoms with E-state index in [0.29, 0.717) is 22.3 Å². The lowest BCUT2D eigenvalue weighted by atomic mass is 10.0. The molecule has 7 heteroatoms. The highest BCUT2D eigenvalue weighted by Crippen LogP contribution is 2.25. The Morgan fingerprint density at radius 3 is 2.31 bits per heavy atom. The van der Waals surface area contributed by atoms with Gasteiger partial charge in [-0.15, -0.1) is 0 Å². The number of aryl methyl sites for hydroxylation is 1. The van der Waals surface area contributed by atoms with E-state index in [-0.39, 0.29) is 16.5 Å². The van der Waals surface area contributed by atoms with Crippen LogP contribution in [0.15, 0.2) is 46.1 Å². The van der Waals surface area contributed by atoms with Crippen molar-refractivity contribution in [1.82, 2.24) is 9.55 Å². The number of nitrogens with zero attached hydrogens (tertiary/aromatic N) is 2. The van der Waals surface area contributed by atoms with Crippen molar-refractivity contribution in [2.45, 2.75) is 24.8 Å². The van der Waals surface area contributed by atoms with E-state index in [1.54, 1.807) is 19.2 Å². The quantitative estimate of drug-likeness (QED) is 0.762. The summed E-state index contributed by atoms with van der Waals surface area (Å²) < 4.78 is 24.8.